The van der Waals surface area contributed by atoms with Crippen molar-refractivity contribution >= 4 is 19.8 Å². The van der Waals surface area contributed by atoms with Gasteiger partial charge in [-0.15, -0.1) is 0 Å². The fourth-order valence-corrected chi connectivity index (χ4v) is 8.01. The molecule has 59 heavy (non-hydrogen) atoms. The Kier molecular flexibility index (Phi) is 28.9. The van der Waals surface area contributed by atoms with Crippen LogP contribution in [0.2, 0.25) is 0 Å². The highest BCUT2D eigenvalue weighted by molar-refractivity contribution is 7.47. The number of likely N-dealkylation sites (N-methyl/N-ethyl adjacent to an activating group) is 1. The van der Waals surface area contributed by atoms with E-state index in [-0.39, 0.29) is 26.1 Å². The molecule has 1 unspecified atom stereocenters. The van der Waals surface area contributed by atoms with Crippen LogP contribution in [0.15, 0.2) is 14.9 Å². The van der Waals surface area contributed by atoms with E-state index in [0.29, 0.717) is 19.4 Å². The highest BCUT2D eigenvalue weighted by atomic mass is 31.2. The number of furan rings is 2. The van der Waals surface area contributed by atoms with E-state index in [4.69, 9.17) is 27.4 Å². The minimum atomic E-state index is -4.37. The van der Waals surface area contributed by atoms with Crippen LogP contribution in [0.1, 0.15) is 195 Å². The number of carbonyl (C=O) groups is 2. The molecule has 0 spiro atoms. The maximum Gasteiger partial charge on any atom is 0.472 e. The van der Waals surface area contributed by atoms with Crippen LogP contribution < -0.4 is 5.32 Å². The maximum absolute atomic E-state index is 12.7. The molecule has 0 bridgehead atoms. The Hall–Kier alpha value is -2.43. The average Bonchev–Trinajstić information content (AvgIpc) is 3.69. The van der Waals surface area contributed by atoms with Gasteiger partial charge in [-0.25, -0.2) is 4.57 Å². The van der Waals surface area contributed by atoms with E-state index in [0.717, 1.165) is 107 Å². The summed E-state index contributed by atoms with van der Waals surface area (Å²) in [6.45, 7) is 10.5. The Morgan fingerprint density at radius 2 is 1.17 bits per heavy atom. The van der Waals surface area contributed by atoms with Crippen LogP contribution in [-0.2, 0) is 58.4 Å². The Labute approximate surface area is 357 Å². The molecule has 11 nitrogen and oxygen atoms in total. The number of carbonyl (C=O) groups excluding carboxylic acids is 2. The van der Waals surface area contributed by atoms with Crippen molar-refractivity contribution in [3.05, 3.63) is 45.8 Å². The zero-order valence-electron chi connectivity index (χ0n) is 37.9. The molecule has 2 aromatic heterocycles. The monoisotopic (exact) mass is 852 g/mol. The number of rotatable bonds is 38. The first-order valence-corrected chi connectivity index (χ1v) is 24.8. The van der Waals surface area contributed by atoms with Gasteiger partial charge in [0.2, 0.25) is 0 Å². The third-order valence-electron chi connectivity index (χ3n) is 11.0. The summed E-state index contributed by atoms with van der Waals surface area (Å²) < 4.78 is 45.6. The van der Waals surface area contributed by atoms with Crippen LogP contribution in [0.25, 0.3) is 0 Å². The summed E-state index contributed by atoms with van der Waals surface area (Å²) in [6, 6.07) is 2.21. The smallest absolute Gasteiger partial charge is 0.466 e. The quantitative estimate of drug-likeness (QED) is 0.0378. The Morgan fingerprint density at radius 1 is 0.644 bits per heavy atom. The number of hydrogen-bond acceptors (Lipinski definition) is 10. The van der Waals surface area contributed by atoms with Gasteiger partial charge in [-0.1, -0.05) is 104 Å². The molecule has 0 aliphatic rings. The van der Waals surface area contributed by atoms with Crippen molar-refractivity contribution in [1.29, 1.82) is 0 Å². The maximum atomic E-state index is 12.7. The fourth-order valence-electron chi connectivity index (χ4n) is 7.26. The molecule has 0 aliphatic carbocycles. The van der Waals surface area contributed by atoms with Crippen LogP contribution in [0.4, 0.5) is 0 Å². The molecule has 0 aromatic carbocycles. The molecule has 2 rings (SSSR count). The summed E-state index contributed by atoms with van der Waals surface area (Å²) in [5, 5.41) is 2.83. The second-order valence-corrected chi connectivity index (χ2v) is 17.8. The van der Waals surface area contributed by atoms with Crippen molar-refractivity contribution in [1.82, 2.24) is 5.32 Å². The van der Waals surface area contributed by atoms with E-state index >= 15 is 0 Å². The van der Waals surface area contributed by atoms with Gasteiger partial charge in [0.25, 0.3) is 0 Å². The van der Waals surface area contributed by atoms with Crippen molar-refractivity contribution in [3.63, 3.8) is 0 Å². The minimum Gasteiger partial charge on any atom is -0.466 e. The lowest BCUT2D eigenvalue weighted by Gasteiger charge is -2.20. The molecule has 0 radical (unpaired) electrons. The van der Waals surface area contributed by atoms with Gasteiger partial charge in [0.05, 0.1) is 13.2 Å². The van der Waals surface area contributed by atoms with E-state index in [1.54, 1.807) is 7.05 Å². The van der Waals surface area contributed by atoms with Crippen molar-refractivity contribution in [3.8, 4) is 0 Å². The standard InChI is InChI=1S/C47H82NO10P/c1-7-9-22-28-41-35-38(3)43(56-41)29-23-18-14-10-13-17-21-26-32-47(50)57-42(37-55-59(51,52)54-34-33-48-6)36-53-46(49)31-25-20-16-12-11-15-19-24-30-45-40(5)39(4)44(58-45)27-8-2/h35,42,48H,7-34,36-37H2,1-6H3,(H,51,52)/t42-/m1/s1. The molecule has 0 fully saturated rings. The Balaban J connectivity index is 1.59. The van der Waals surface area contributed by atoms with Gasteiger partial charge in [0, 0.05) is 45.1 Å². The predicted octanol–water partition coefficient (Wildman–Crippen LogP) is 12.1. The Bertz CT molecular complexity index is 1450. The molecular weight excluding hydrogens is 769 g/mol. The van der Waals surface area contributed by atoms with Crippen molar-refractivity contribution in [2.75, 3.05) is 33.4 Å². The van der Waals surface area contributed by atoms with Gasteiger partial charge in [-0.3, -0.25) is 18.6 Å². The van der Waals surface area contributed by atoms with Crippen LogP contribution in [0.3, 0.4) is 0 Å². The van der Waals surface area contributed by atoms with Gasteiger partial charge < -0.3 is 28.5 Å². The van der Waals surface area contributed by atoms with E-state index in [1.165, 1.54) is 74.5 Å². The first kappa shape index (κ1) is 52.7. The summed E-state index contributed by atoms with van der Waals surface area (Å²) >= 11 is 0. The van der Waals surface area contributed by atoms with E-state index in [1.807, 2.05) is 0 Å². The number of hydrogen-bond donors (Lipinski definition) is 2. The minimum absolute atomic E-state index is 0.0283. The zero-order chi connectivity index (χ0) is 43.1. The predicted molar refractivity (Wildman–Crippen MR) is 236 cm³/mol. The molecule has 0 amide bonds. The lowest BCUT2D eigenvalue weighted by Crippen LogP contribution is -2.29. The third-order valence-corrected chi connectivity index (χ3v) is 12.0. The highest BCUT2D eigenvalue weighted by Gasteiger charge is 2.26. The Morgan fingerprint density at radius 3 is 1.75 bits per heavy atom. The molecule has 0 saturated carbocycles. The van der Waals surface area contributed by atoms with Crippen molar-refractivity contribution in [2.24, 2.45) is 0 Å². The second-order valence-electron chi connectivity index (χ2n) is 16.4. The third kappa shape index (κ3) is 24.6. The van der Waals surface area contributed by atoms with Crippen LogP contribution >= 0.6 is 7.82 Å². The summed E-state index contributed by atoms with van der Waals surface area (Å²) in [5.74, 6) is 3.72. The van der Waals surface area contributed by atoms with Gasteiger partial charge in [-0.05, 0) is 89.1 Å². The molecule has 0 saturated heterocycles. The largest absolute Gasteiger partial charge is 0.472 e. The molecule has 2 atom stereocenters. The van der Waals surface area contributed by atoms with Crippen molar-refractivity contribution in [2.45, 2.75) is 208 Å². The number of ether oxygens (including phenoxy) is 2. The van der Waals surface area contributed by atoms with Gasteiger partial charge in [0.1, 0.15) is 29.6 Å². The van der Waals surface area contributed by atoms with E-state index in [2.05, 4.69) is 46.0 Å². The summed E-state index contributed by atoms with van der Waals surface area (Å²) in [5.41, 5.74) is 3.91. The molecular formula is C47H82NO10P. The number of unbranched alkanes of at least 4 members (excludes halogenated alkanes) is 16. The second kappa shape index (κ2) is 32.3. The summed E-state index contributed by atoms with van der Waals surface area (Å²) in [6.07, 6.45) is 25.2. The lowest BCUT2D eigenvalue weighted by molar-refractivity contribution is -0.161. The van der Waals surface area contributed by atoms with Crippen LogP contribution in [0.5, 0.6) is 0 Å². The SMILES string of the molecule is CCCCCc1cc(C)c(CCCCCCCCCCC(=O)O[C@H](COC(=O)CCCCCCCCCCc2oc(CCC)c(C)c2C)COP(=O)(O)OCCNC)o1. The normalized spacial score (nSPS) is 13.1. The number of nitrogens with one attached hydrogen (secondary N) is 1. The average molecular weight is 852 g/mol. The molecule has 0 aliphatic heterocycles. The van der Waals surface area contributed by atoms with Gasteiger partial charge in [0.15, 0.2) is 6.10 Å². The first-order chi connectivity index (χ1) is 28.5. The number of esters is 2. The van der Waals surface area contributed by atoms with Gasteiger partial charge >= 0.3 is 19.8 Å². The lowest BCUT2D eigenvalue weighted by atomic mass is 10.0. The van der Waals surface area contributed by atoms with E-state index < -0.39 is 32.5 Å². The molecule has 12 heteroatoms. The zero-order valence-corrected chi connectivity index (χ0v) is 38.8. The molecule has 340 valence electrons. The topological polar surface area (TPSA) is 147 Å². The number of phosphoric ester groups is 1. The number of phosphoric acid groups is 1. The van der Waals surface area contributed by atoms with E-state index in [9.17, 15) is 19.0 Å². The summed E-state index contributed by atoms with van der Waals surface area (Å²) in [4.78, 5) is 35.3. The molecule has 2 heterocycles. The highest BCUT2D eigenvalue weighted by Crippen LogP contribution is 2.43. The van der Waals surface area contributed by atoms with Crippen LogP contribution in [-0.4, -0.2) is 56.3 Å². The molecule has 2 aromatic rings. The van der Waals surface area contributed by atoms with Crippen LogP contribution in [0, 0.1) is 20.8 Å². The van der Waals surface area contributed by atoms with Gasteiger partial charge in [-0.2, -0.15) is 0 Å². The first-order valence-electron chi connectivity index (χ1n) is 23.3. The number of aryl methyl sites for hydroxylation is 5. The fraction of sp³-hybridized carbons (Fsp3) is 0.787. The molecule has 2 N–H and O–H groups in total. The summed E-state index contributed by atoms with van der Waals surface area (Å²) in [7, 11) is -2.68. The van der Waals surface area contributed by atoms with Crippen molar-refractivity contribution < 1.29 is 46.4 Å².